The fraction of sp³-hybridized carbons (Fsp3) is 0.250. The molecule has 0 radical (unpaired) electrons. The summed E-state index contributed by atoms with van der Waals surface area (Å²) in [4.78, 5) is 11.3. The zero-order chi connectivity index (χ0) is 12.7. The van der Waals surface area contributed by atoms with E-state index in [0.29, 0.717) is 23.9 Å². The molecule has 0 atom stereocenters. The first-order valence-electron chi connectivity index (χ1n) is 5.07. The number of para-hydroxylation sites is 1. The highest BCUT2D eigenvalue weighted by Gasteiger charge is 2.03. The molecule has 0 aliphatic carbocycles. The molecular formula is C12H13BrClNO2. The minimum atomic E-state index is -0.0855. The maximum atomic E-state index is 11.3. The summed E-state index contributed by atoms with van der Waals surface area (Å²) in [5.41, 5.74) is 0. The van der Waals surface area contributed by atoms with Gasteiger partial charge in [0.15, 0.2) is 0 Å². The predicted octanol–water partition coefficient (Wildman–Crippen LogP) is 3.13. The Morgan fingerprint density at radius 3 is 2.82 bits per heavy atom. The van der Waals surface area contributed by atoms with Gasteiger partial charge < -0.3 is 10.1 Å². The lowest BCUT2D eigenvalue weighted by molar-refractivity contribution is -0.121. The molecule has 0 unspecified atom stereocenters. The van der Waals surface area contributed by atoms with Crippen molar-refractivity contribution < 1.29 is 9.53 Å². The van der Waals surface area contributed by atoms with Gasteiger partial charge in [-0.15, -0.1) is 0 Å². The second kappa shape index (κ2) is 7.35. The molecule has 1 rings (SSSR count). The molecule has 0 saturated carbocycles. The van der Waals surface area contributed by atoms with Crippen LogP contribution >= 0.6 is 27.5 Å². The molecule has 0 aliphatic heterocycles. The summed E-state index contributed by atoms with van der Waals surface area (Å²) in [5.74, 6) is 0.504. The first kappa shape index (κ1) is 14.1. The molecule has 0 aromatic heterocycles. The number of hydrogen-bond donors (Lipinski definition) is 1. The fourth-order valence-electron chi connectivity index (χ4n) is 1.10. The lowest BCUT2D eigenvalue weighted by Crippen LogP contribution is -2.25. The molecule has 1 N–H and O–H groups in total. The Bertz CT molecular complexity index is 409. The number of halogens is 2. The van der Waals surface area contributed by atoms with E-state index in [0.717, 1.165) is 4.48 Å². The molecule has 1 aromatic carbocycles. The van der Waals surface area contributed by atoms with Gasteiger partial charge >= 0.3 is 0 Å². The minimum absolute atomic E-state index is 0.0855. The van der Waals surface area contributed by atoms with Gasteiger partial charge in [0.2, 0.25) is 5.91 Å². The Morgan fingerprint density at radius 1 is 1.47 bits per heavy atom. The number of nitrogens with one attached hydrogen (secondary N) is 1. The average Bonchev–Trinajstić information content (AvgIpc) is 2.29. The molecule has 17 heavy (non-hydrogen) atoms. The first-order chi connectivity index (χ1) is 8.09. The monoisotopic (exact) mass is 317 g/mol. The number of rotatable bonds is 6. The first-order valence-corrected chi connectivity index (χ1v) is 6.24. The molecule has 0 fully saturated rings. The van der Waals surface area contributed by atoms with Crippen LogP contribution in [0.1, 0.15) is 6.42 Å². The van der Waals surface area contributed by atoms with Gasteiger partial charge in [-0.25, -0.2) is 0 Å². The van der Waals surface area contributed by atoms with Crippen molar-refractivity contribution >= 4 is 33.4 Å². The number of carbonyl (C=O) groups is 1. The third-order valence-electron chi connectivity index (χ3n) is 1.90. The third-order valence-corrected chi connectivity index (χ3v) is 2.49. The summed E-state index contributed by atoms with van der Waals surface area (Å²) < 4.78 is 6.12. The minimum Gasteiger partial charge on any atom is -0.491 e. The number of ether oxygens (including phenoxy) is 1. The van der Waals surface area contributed by atoms with Gasteiger partial charge in [-0.05, 0) is 12.1 Å². The van der Waals surface area contributed by atoms with Crippen LogP contribution in [0.15, 0.2) is 35.3 Å². The Labute approximate surface area is 114 Å². The fourth-order valence-corrected chi connectivity index (χ4v) is 1.43. The van der Waals surface area contributed by atoms with Gasteiger partial charge in [0.05, 0.1) is 18.1 Å². The smallest absolute Gasteiger partial charge is 0.223 e. The van der Waals surface area contributed by atoms with Crippen LogP contribution in [0.3, 0.4) is 0 Å². The normalized spacial score (nSPS) is 9.76. The Kier molecular flexibility index (Phi) is 6.08. The number of carbonyl (C=O) groups excluding carboxylic acids is 1. The van der Waals surface area contributed by atoms with Gasteiger partial charge in [0, 0.05) is 11.0 Å². The van der Waals surface area contributed by atoms with Gasteiger partial charge in [-0.3, -0.25) is 4.79 Å². The molecule has 0 saturated heterocycles. The summed E-state index contributed by atoms with van der Waals surface area (Å²) in [5, 5.41) is 3.23. The van der Waals surface area contributed by atoms with E-state index in [1.807, 2.05) is 12.1 Å². The van der Waals surface area contributed by atoms with Crippen molar-refractivity contribution in [2.75, 3.05) is 13.2 Å². The van der Waals surface area contributed by atoms with Crippen LogP contribution in [0.25, 0.3) is 0 Å². The van der Waals surface area contributed by atoms with E-state index in [9.17, 15) is 4.79 Å². The molecule has 1 aromatic rings. The van der Waals surface area contributed by atoms with E-state index >= 15 is 0 Å². The van der Waals surface area contributed by atoms with Crippen LogP contribution < -0.4 is 10.1 Å². The van der Waals surface area contributed by atoms with E-state index in [1.54, 1.807) is 12.1 Å². The second-order valence-corrected chi connectivity index (χ2v) is 4.85. The van der Waals surface area contributed by atoms with Gasteiger partial charge in [-0.1, -0.05) is 46.2 Å². The van der Waals surface area contributed by atoms with Crippen LogP contribution in [-0.2, 0) is 4.79 Å². The van der Waals surface area contributed by atoms with Crippen LogP contribution in [0.2, 0.25) is 5.02 Å². The van der Waals surface area contributed by atoms with Crippen molar-refractivity contribution in [1.29, 1.82) is 0 Å². The highest BCUT2D eigenvalue weighted by atomic mass is 79.9. The maximum absolute atomic E-state index is 11.3. The van der Waals surface area contributed by atoms with E-state index in [1.165, 1.54) is 0 Å². The van der Waals surface area contributed by atoms with Crippen molar-refractivity contribution in [3.63, 3.8) is 0 Å². The molecule has 0 heterocycles. The molecular weight excluding hydrogens is 305 g/mol. The molecule has 0 spiro atoms. The maximum Gasteiger partial charge on any atom is 0.223 e. The van der Waals surface area contributed by atoms with Gasteiger partial charge in [-0.2, -0.15) is 0 Å². The van der Waals surface area contributed by atoms with Crippen LogP contribution in [0.5, 0.6) is 5.75 Å². The van der Waals surface area contributed by atoms with Crippen LogP contribution in [-0.4, -0.2) is 19.1 Å². The Balaban J connectivity index is 2.26. The molecule has 92 valence electrons. The lowest BCUT2D eigenvalue weighted by Gasteiger charge is -2.07. The number of amides is 1. The molecule has 0 aliphatic rings. The highest BCUT2D eigenvalue weighted by molar-refractivity contribution is 9.11. The third kappa shape index (κ3) is 5.75. The predicted molar refractivity (Wildman–Crippen MR) is 72.6 cm³/mol. The van der Waals surface area contributed by atoms with Crippen molar-refractivity contribution in [2.24, 2.45) is 0 Å². The molecule has 3 nitrogen and oxygen atoms in total. The second-order valence-electron chi connectivity index (χ2n) is 3.32. The number of hydrogen-bond acceptors (Lipinski definition) is 2. The van der Waals surface area contributed by atoms with Crippen LogP contribution in [0.4, 0.5) is 0 Å². The lowest BCUT2D eigenvalue weighted by atomic mass is 10.3. The van der Waals surface area contributed by atoms with E-state index < -0.39 is 0 Å². The summed E-state index contributed by atoms with van der Waals surface area (Å²) >= 11 is 9.06. The number of benzene rings is 1. The van der Waals surface area contributed by atoms with Crippen molar-refractivity contribution in [3.05, 3.63) is 40.3 Å². The standard InChI is InChI=1S/C12H13BrClNO2/c1-9(13)8-15-12(16)6-7-17-11-5-3-2-4-10(11)14/h2-5H,1,6-8H2,(H,15,16). The van der Waals surface area contributed by atoms with E-state index in [-0.39, 0.29) is 12.3 Å². The summed E-state index contributed by atoms with van der Waals surface area (Å²) in [6, 6.07) is 7.16. The topological polar surface area (TPSA) is 38.3 Å². The quantitative estimate of drug-likeness (QED) is 0.875. The van der Waals surface area contributed by atoms with E-state index in [2.05, 4.69) is 27.8 Å². The Morgan fingerprint density at radius 2 is 2.18 bits per heavy atom. The van der Waals surface area contributed by atoms with Crippen molar-refractivity contribution in [1.82, 2.24) is 5.32 Å². The van der Waals surface area contributed by atoms with Gasteiger partial charge in [0.25, 0.3) is 0 Å². The highest BCUT2D eigenvalue weighted by Crippen LogP contribution is 2.22. The Hall–Kier alpha value is -1.00. The van der Waals surface area contributed by atoms with Gasteiger partial charge in [0.1, 0.15) is 5.75 Å². The largest absolute Gasteiger partial charge is 0.491 e. The van der Waals surface area contributed by atoms with Crippen molar-refractivity contribution in [2.45, 2.75) is 6.42 Å². The summed E-state index contributed by atoms with van der Waals surface area (Å²) in [6.45, 7) is 4.34. The van der Waals surface area contributed by atoms with Crippen LogP contribution in [0, 0.1) is 0 Å². The average molecular weight is 319 g/mol. The zero-order valence-corrected chi connectivity index (χ0v) is 11.6. The molecule has 0 bridgehead atoms. The zero-order valence-electron chi connectivity index (χ0n) is 9.21. The van der Waals surface area contributed by atoms with E-state index in [4.69, 9.17) is 16.3 Å². The summed E-state index contributed by atoms with van der Waals surface area (Å²) in [6.07, 6.45) is 0.283. The SMILES string of the molecule is C=C(Br)CNC(=O)CCOc1ccccc1Cl. The van der Waals surface area contributed by atoms with Crippen molar-refractivity contribution in [3.8, 4) is 5.75 Å². The summed E-state index contributed by atoms with van der Waals surface area (Å²) in [7, 11) is 0. The molecule has 1 amide bonds. The molecule has 5 heteroatoms.